The van der Waals surface area contributed by atoms with Gasteiger partial charge >= 0.3 is 5.97 Å². The van der Waals surface area contributed by atoms with Crippen molar-refractivity contribution in [2.45, 2.75) is 58.6 Å². The lowest BCUT2D eigenvalue weighted by Gasteiger charge is -2.41. The van der Waals surface area contributed by atoms with Crippen molar-refractivity contribution >= 4 is 23.0 Å². The summed E-state index contributed by atoms with van der Waals surface area (Å²) in [4.78, 5) is 13.7. The van der Waals surface area contributed by atoms with Crippen molar-refractivity contribution in [3.63, 3.8) is 0 Å². The number of carboxylic acids is 1. The number of fused-ring (bicyclic) bond motifs is 1. The fourth-order valence-corrected chi connectivity index (χ4v) is 5.10. The minimum absolute atomic E-state index is 0.250. The maximum absolute atomic E-state index is 12.9. The van der Waals surface area contributed by atoms with Gasteiger partial charge in [0.25, 0.3) is 0 Å². The lowest BCUT2D eigenvalue weighted by molar-refractivity contribution is -0.148. The molecule has 1 heterocycles. The first kappa shape index (κ1) is 22.8. The Morgan fingerprint density at radius 2 is 1.93 bits per heavy atom. The topological polar surface area (TPSA) is 99.8 Å². The van der Waals surface area contributed by atoms with Crippen molar-refractivity contribution in [3.05, 3.63) is 34.9 Å². The van der Waals surface area contributed by atoms with Gasteiger partial charge in [-0.2, -0.15) is 5.26 Å². The normalized spacial score (nSPS) is 21.4. The van der Waals surface area contributed by atoms with E-state index in [4.69, 9.17) is 4.40 Å². The number of carbonyl (C=O) groups is 1. The summed E-state index contributed by atoms with van der Waals surface area (Å²) in [5.41, 5.74) is 2.29. The Morgan fingerprint density at radius 3 is 2.47 bits per heavy atom. The van der Waals surface area contributed by atoms with Gasteiger partial charge in [0.05, 0.1) is 17.0 Å². The molecule has 1 saturated heterocycles. The lowest BCUT2D eigenvalue weighted by Crippen LogP contribution is -2.48. The molecule has 0 radical (unpaired) electrons. The number of carboxylic acid groups (broad SMARTS) is 1. The van der Waals surface area contributed by atoms with Crippen LogP contribution in [0, 0.1) is 22.2 Å². The van der Waals surface area contributed by atoms with E-state index in [2.05, 4.69) is 11.0 Å². The summed E-state index contributed by atoms with van der Waals surface area (Å²) in [7, 11) is 0. The molecular weight excluding hydrogens is 398 g/mol. The van der Waals surface area contributed by atoms with Crippen molar-refractivity contribution in [1.29, 1.82) is 5.26 Å². The number of hydrogen-bond acceptors (Lipinski definition) is 5. The number of nitrogens with zero attached hydrogens (tertiary/aromatic N) is 3. The molecule has 1 N–H and O–H groups in total. The predicted octanol–water partition coefficient (Wildman–Crippen LogP) is 3.56. The van der Waals surface area contributed by atoms with E-state index in [1.54, 1.807) is 19.9 Å². The molecule has 3 rings (SSSR count). The van der Waals surface area contributed by atoms with Crippen molar-refractivity contribution < 1.29 is 14.5 Å². The van der Waals surface area contributed by atoms with Crippen LogP contribution in [-0.2, 0) is 22.6 Å². The van der Waals surface area contributed by atoms with Gasteiger partial charge in [-0.1, -0.05) is 16.5 Å². The number of rotatable bonds is 4. The Labute approximate surface area is 182 Å². The first-order valence-electron chi connectivity index (χ1n) is 10.4. The Balaban J connectivity index is 1.94. The molecule has 0 bridgehead atoms. The zero-order valence-corrected chi connectivity index (χ0v) is 19.3. The summed E-state index contributed by atoms with van der Waals surface area (Å²) in [5, 5.41) is 19.1. The van der Waals surface area contributed by atoms with Gasteiger partial charge in [0, 0.05) is 17.5 Å². The molecule has 0 amide bonds. The second kappa shape index (κ2) is 7.99. The van der Waals surface area contributed by atoms with E-state index in [1.165, 1.54) is 0 Å². The number of nitriles is 1. The van der Waals surface area contributed by atoms with Gasteiger partial charge < -0.3 is 14.6 Å². The van der Waals surface area contributed by atoms with Crippen LogP contribution in [0.2, 0.25) is 0 Å². The molecule has 6 nitrogen and oxygen atoms in total. The molecule has 1 aliphatic heterocycles. The summed E-state index contributed by atoms with van der Waals surface area (Å²) in [5.74, 6) is -0.794. The minimum Gasteiger partial charge on any atom is -0.591 e. The molecule has 7 heteroatoms. The molecule has 1 unspecified atom stereocenters. The van der Waals surface area contributed by atoms with Crippen LogP contribution < -0.4 is 0 Å². The van der Waals surface area contributed by atoms with E-state index >= 15 is 0 Å². The smallest absolute Gasteiger partial charge is 0.310 e. The fraction of sp³-hybridized carbons (Fsp3) is 0.609. The van der Waals surface area contributed by atoms with E-state index < -0.39 is 27.5 Å². The number of likely N-dealkylation sites (tertiary alicyclic amines) is 1. The molecule has 1 aliphatic carbocycles. The standard InChI is InChI=1S/C23H31N3O3S/c1-21(2,3)30(29)25-19-18-16(7-6-8-17(18)14-24)13-23(19)9-11-26(12-10-23)15-22(4,5)20(27)28/h6-8H,9-13,15H2,1-5H3,(H,27,28). The predicted molar refractivity (Wildman–Crippen MR) is 119 cm³/mol. The molecular formula is C23H31N3O3S. The molecule has 1 fully saturated rings. The van der Waals surface area contributed by atoms with Crippen LogP contribution in [0.3, 0.4) is 0 Å². The van der Waals surface area contributed by atoms with Crippen molar-refractivity contribution in [2.75, 3.05) is 19.6 Å². The van der Waals surface area contributed by atoms with E-state index in [1.807, 2.05) is 32.9 Å². The maximum atomic E-state index is 12.9. The summed E-state index contributed by atoms with van der Waals surface area (Å²) in [6.07, 6.45) is 2.40. The molecule has 30 heavy (non-hydrogen) atoms. The molecule has 2 aliphatic rings. The highest BCUT2D eigenvalue weighted by atomic mass is 32.2. The summed E-state index contributed by atoms with van der Waals surface area (Å²) >= 11 is -1.42. The number of benzene rings is 1. The zero-order valence-electron chi connectivity index (χ0n) is 18.5. The van der Waals surface area contributed by atoms with Crippen LogP contribution in [0.25, 0.3) is 0 Å². The number of hydrogen-bond donors (Lipinski definition) is 1. The summed E-state index contributed by atoms with van der Waals surface area (Å²) in [6, 6.07) is 8.04. The van der Waals surface area contributed by atoms with Gasteiger partial charge in [-0.05, 0) is 78.6 Å². The quantitative estimate of drug-likeness (QED) is 0.738. The van der Waals surface area contributed by atoms with E-state index in [-0.39, 0.29) is 5.41 Å². The van der Waals surface area contributed by atoms with Gasteiger partial charge in [-0.25, -0.2) is 0 Å². The molecule has 0 aromatic heterocycles. The molecule has 1 spiro atoms. The lowest BCUT2D eigenvalue weighted by atomic mass is 9.74. The molecule has 162 valence electrons. The first-order valence-corrected chi connectivity index (χ1v) is 11.5. The van der Waals surface area contributed by atoms with Gasteiger partial charge in [0.1, 0.15) is 21.8 Å². The largest absolute Gasteiger partial charge is 0.591 e. The fourth-order valence-electron chi connectivity index (χ4n) is 4.38. The third-order valence-corrected chi connectivity index (χ3v) is 7.64. The van der Waals surface area contributed by atoms with Crippen molar-refractivity contribution in [1.82, 2.24) is 4.90 Å². The molecule has 1 aromatic rings. The number of piperidine rings is 1. The Kier molecular flexibility index (Phi) is 6.07. The highest BCUT2D eigenvalue weighted by molar-refractivity contribution is 7.91. The SMILES string of the molecule is CC(C)(CN1CCC2(CC1)Cc1cccc(C#N)c1C2=N[S+]([O-])C(C)(C)C)C(=O)O. The Hall–Kier alpha value is -1.88. The third-order valence-electron chi connectivity index (χ3n) is 6.25. The Bertz CT molecular complexity index is 903. The van der Waals surface area contributed by atoms with Gasteiger partial charge in [-0.15, -0.1) is 0 Å². The van der Waals surface area contributed by atoms with E-state index in [9.17, 15) is 19.7 Å². The highest BCUT2D eigenvalue weighted by Crippen LogP contribution is 2.47. The third kappa shape index (κ3) is 4.27. The maximum Gasteiger partial charge on any atom is 0.310 e. The second-order valence-electron chi connectivity index (χ2n) is 10.2. The van der Waals surface area contributed by atoms with Crippen LogP contribution in [0.4, 0.5) is 0 Å². The minimum atomic E-state index is -1.42. The molecule has 1 atom stereocenters. The average molecular weight is 430 g/mol. The molecule has 0 saturated carbocycles. The highest BCUT2D eigenvalue weighted by Gasteiger charge is 2.49. The van der Waals surface area contributed by atoms with Gasteiger partial charge in [-0.3, -0.25) is 4.79 Å². The molecule has 1 aromatic carbocycles. The first-order chi connectivity index (χ1) is 13.9. The van der Waals surface area contributed by atoms with Crippen LogP contribution in [0.15, 0.2) is 22.6 Å². The van der Waals surface area contributed by atoms with Crippen LogP contribution in [-0.4, -0.2) is 50.6 Å². The van der Waals surface area contributed by atoms with Gasteiger partial charge in [0.15, 0.2) is 0 Å². The van der Waals surface area contributed by atoms with Crippen LogP contribution in [0.1, 0.15) is 64.2 Å². The van der Waals surface area contributed by atoms with Gasteiger partial charge in [0.2, 0.25) is 0 Å². The van der Waals surface area contributed by atoms with Crippen LogP contribution in [0.5, 0.6) is 0 Å². The zero-order chi connectivity index (χ0) is 22.3. The van der Waals surface area contributed by atoms with Crippen molar-refractivity contribution in [2.24, 2.45) is 15.2 Å². The monoisotopic (exact) mass is 429 g/mol. The summed E-state index contributed by atoms with van der Waals surface area (Å²) < 4.78 is 17.2. The summed E-state index contributed by atoms with van der Waals surface area (Å²) in [6.45, 7) is 11.2. The van der Waals surface area contributed by atoms with E-state index in [0.717, 1.165) is 49.2 Å². The van der Waals surface area contributed by atoms with Crippen LogP contribution >= 0.6 is 0 Å². The number of aliphatic carboxylic acids is 1. The second-order valence-corrected chi connectivity index (χ2v) is 12.1. The Morgan fingerprint density at radius 1 is 1.30 bits per heavy atom. The van der Waals surface area contributed by atoms with Crippen molar-refractivity contribution in [3.8, 4) is 6.07 Å². The van der Waals surface area contributed by atoms with E-state index in [0.29, 0.717) is 12.1 Å². The average Bonchev–Trinajstić information content (AvgIpc) is 2.96.